The van der Waals surface area contributed by atoms with Crippen molar-refractivity contribution < 1.29 is 19.5 Å². The van der Waals surface area contributed by atoms with Gasteiger partial charge in [0.15, 0.2) is 0 Å². The van der Waals surface area contributed by atoms with Gasteiger partial charge in [0.05, 0.1) is 6.04 Å². The number of benzene rings is 1. The molecule has 2 aliphatic heterocycles. The molecule has 3 aliphatic carbocycles. The minimum absolute atomic E-state index is 0.00161. The molecule has 0 aromatic heterocycles. The van der Waals surface area contributed by atoms with Crippen molar-refractivity contribution in [1.29, 1.82) is 0 Å². The summed E-state index contributed by atoms with van der Waals surface area (Å²) in [5, 5.41) is 14.0. The fraction of sp³-hybridized carbons (Fsp3) is 0.735. The number of rotatable bonds is 5. The highest BCUT2D eigenvalue weighted by Crippen LogP contribution is 2.53. The molecule has 4 N–H and O–H groups in total. The van der Waals surface area contributed by atoms with Crippen LogP contribution < -0.4 is 11.1 Å². The molecule has 5 fully saturated rings. The molecular weight excluding hydrogens is 528 g/mol. The maximum absolute atomic E-state index is 13.3. The van der Waals surface area contributed by atoms with Gasteiger partial charge < -0.3 is 20.6 Å². The van der Waals surface area contributed by atoms with Crippen LogP contribution in [0.5, 0.6) is 0 Å². The van der Waals surface area contributed by atoms with Gasteiger partial charge in [0.2, 0.25) is 5.91 Å². The van der Waals surface area contributed by atoms with Crippen molar-refractivity contribution in [3.05, 3.63) is 35.4 Å². The van der Waals surface area contributed by atoms with E-state index in [-0.39, 0.29) is 29.3 Å². The number of primary amides is 1. The molecule has 230 valence electrons. The summed E-state index contributed by atoms with van der Waals surface area (Å²) in [7, 11) is 0. The van der Waals surface area contributed by atoms with Gasteiger partial charge in [0.1, 0.15) is 5.60 Å². The Bertz CT molecular complexity index is 1130. The van der Waals surface area contributed by atoms with Crippen LogP contribution in [-0.4, -0.2) is 76.0 Å². The molecule has 4 atom stereocenters. The minimum Gasteiger partial charge on any atom is -0.380 e. The van der Waals surface area contributed by atoms with Crippen molar-refractivity contribution in [2.75, 3.05) is 26.2 Å². The lowest BCUT2D eigenvalue weighted by molar-refractivity contribution is -0.143. The molecule has 8 heteroatoms. The molecule has 1 aromatic carbocycles. The van der Waals surface area contributed by atoms with Crippen LogP contribution in [-0.2, 0) is 9.59 Å². The number of aliphatic hydroxyl groups is 1. The van der Waals surface area contributed by atoms with Gasteiger partial charge >= 0.3 is 0 Å². The van der Waals surface area contributed by atoms with Crippen LogP contribution >= 0.6 is 0 Å². The van der Waals surface area contributed by atoms with E-state index in [4.69, 9.17) is 5.73 Å². The molecule has 4 unspecified atom stereocenters. The number of amides is 3. The summed E-state index contributed by atoms with van der Waals surface area (Å²) in [5.41, 5.74) is 6.70. The molecule has 2 saturated heterocycles. The van der Waals surface area contributed by atoms with Gasteiger partial charge in [0, 0.05) is 37.3 Å². The molecule has 0 spiro atoms. The van der Waals surface area contributed by atoms with Gasteiger partial charge in [-0.15, -0.1) is 0 Å². The summed E-state index contributed by atoms with van der Waals surface area (Å²) in [5.74, 6) is 1.07. The number of hydrogen-bond acceptors (Lipinski definition) is 5. The Morgan fingerprint density at radius 1 is 0.762 bits per heavy atom. The Balaban J connectivity index is 1.09. The fourth-order valence-electron chi connectivity index (χ4n) is 8.74. The van der Waals surface area contributed by atoms with Crippen LogP contribution in [0, 0.1) is 11.8 Å². The van der Waals surface area contributed by atoms with Crippen molar-refractivity contribution in [3.8, 4) is 0 Å². The Kier molecular flexibility index (Phi) is 8.65. The molecule has 42 heavy (non-hydrogen) atoms. The third-order valence-electron chi connectivity index (χ3n) is 11.4. The zero-order valence-corrected chi connectivity index (χ0v) is 25.2. The summed E-state index contributed by atoms with van der Waals surface area (Å²) in [6, 6.07) is 7.96. The molecule has 8 nitrogen and oxygen atoms in total. The molecule has 0 radical (unpaired) electrons. The van der Waals surface area contributed by atoms with Crippen LogP contribution in [0.1, 0.15) is 118 Å². The highest BCUT2D eigenvalue weighted by molar-refractivity contribution is 5.94. The van der Waals surface area contributed by atoms with E-state index in [1.807, 2.05) is 17.0 Å². The van der Waals surface area contributed by atoms with Crippen molar-refractivity contribution >= 4 is 17.7 Å². The number of carbonyl (C=O) groups is 3. The number of nitrogens with two attached hydrogens (primary N) is 1. The van der Waals surface area contributed by atoms with E-state index >= 15 is 0 Å². The lowest BCUT2D eigenvalue weighted by atomic mass is 9.61. The highest BCUT2D eigenvalue weighted by atomic mass is 16.3. The van der Waals surface area contributed by atoms with Crippen molar-refractivity contribution in [1.82, 2.24) is 15.1 Å². The number of piperazine rings is 1. The zero-order chi connectivity index (χ0) is 29.3. The SMILES string of the molecule is NC(=O)C1CC2CC(c3ccc(C(=O)N4CCN(C(=O)C5(O)CC5)CC4)cc3)CCC2(C2CCCCCCCCC2)N1. The maximum atomic E-state index is 13.3. The molecule has 3 saturated carbocycles. The molecule has 5 aliphatic rings. The molecule has 6 rings (SSSR count). The standard InChI is InChI=1S/C34H50N4O4/c35-30(39)29-23-28-22-26(14-15-34(28,36-29)27-8-6-4-2-1-3-5-7-9-27)24-10-12-25(13-11-24)31(40)37-18-20-38(21-19-37)32(41)33(42)16-17-33/h10-13,26-29,36,42H,1-9,14-23H2,(H2,35,39). The first-order valence-corrected chi connectivity index (χ1v) is 16.8. The normalized spacial score (nSPS) is 32.2. The van der Waals surface area contributed by atoms with E-state index in [1.165, 1.54) is 63.4 Å². The number of nitrogens with one attached hydrogen (secondary N) is 1. The second-order valence-corrected chi connectivity index (χ2v) is 14.0. The predicted molar refractivity (Wildman–Crippen MR) is 162 cm³/mol. The monoisotopic (exact) mass is 578 g/mol. The summed E-state index contributed by atoms with van der Waals surface area (Å²) >= 11 is 0. The van der Waals surface area contributed by atoms with Gasteiger partial charge in [0.25, 0.3) is 11.8 Å². The first kappa shape index (κ1) is 29.6. The van der Waals surface area contributed by atoms with E-state index in [1.54, 1.807) is 4.90 Å². The van der Waals surface area contributed by atoms with E-state index in [2.05, 4.69) is 17.4 Å². The van der Waals surface area contributed by atoms with E-state index < -0.39 is 5.60 Å². The maximum Gasteiger partial charge on any atom is 0.254 e. The molecule has 3 amide bonds. The fourth-order valence-corrected chi connectivity index (χ4v) is 8.74. The zero-order valence-electron chi connectivity index (χ0n) is 25.2. The van der Waals surface area contributed by atoms with Crippen LogP contribution in [0.15, 0.2) is 24.3 Å². The van der Waals surface area contributed by atoms with Crippen LogP contribution in [0.25, 0.3) is 0 Å². The summed E-state index contributed by atoms with van der Waals surface area (Å²) in [6.07, 6.45) is 16.9. The Morgan fingerprint density at radius 2 is 1.36 bits per heavy atom. The van der Waals surface area contributed by atoms with Crippen LogP contribution in [0.4, 0.5) is 0 Å². The Morgan fingerprint density at radius 3 is 1.95 bits per heavy atom. The summed E-state index contributed by atoms with van der Waals surface area (Å²) < 4.78 is 0. The molecule has 0 bridgehead atoms. The number of nitrogens with zero attached hydrogens (tertiary/aromatic N) is 2. The van der Waals surface area contributed by atoms with E-state index in [9.17, 15) is 19.5 Å². The van der Waals surface area contributed by atoms with Gasteiger partial charge in [-0.25, -0.2) is 0 Å². The van der Waals surface area contributed by atoms with Gasteiger partial charge in [-0.2, -0.15) is 0 Å². The van der Waals surface area contributed by atoms with Crippen molar-refractivity contribution in [3.63, 3.8) is 0 Å². The molecule has 2 heterocycles. The molecular formula is C34H50N4O4. The van der Waals surface area contributed by atoms with Gasteiger partial charge in [-0.1, -0.05) is 57.1 Å². The number of fused-ring (bicyclic) bond motifs is 1. The summed E-state index contributed by atoms with van der Waals surface area (Å²) in [4.78, 5) is 41.6. The minimum atomic E-state index is -1.15. The Labute approximate surface area is 250 Å². The third kappa shape index (κ3) is 5.99. The van der Waals surface area contributed by atoms with E-state index in [0.717, 1.165) is 25.7 Å². The average molecular weight is 579 g/mol. The second-order valence-electron chi connectivity index (χ2n) is 14.0. The Hall–Kier alpha value is -2.45. The number of carbonyl (C=O) groups excluding carboxylic acids is 3. The van der Waals surface area contributed by atoms with Crippen molar-refractivity contribution in [2.45, 2.75) is 119 Å². The lowest BCUT2D eigenvalue weighted by Crippen LogP contribution is -2.56. The lowest BCUT2D eigenvalue weighted by Gasteiger charge is -2.48. The van der Waals surface area contributed by atoms with Crippen LogP contribution in [0.2, 0.25) is 0 Å². The highest BCUT2D eigenvalue weighted by Gasteiger charge is 2.54. The topological polar surface area (TPSA) is 116 Å². The first-order valence-electron chi connectivity index (χ1n) is 16.8. The second kappa shape index (κ2) is 12.3. The van der Waals surface area contributed by atoms with Crippen molar-refractivity contribution in [2.24, 2.45) is 17.6 Å². The first-order chi connectivity index (χ1) is 20.3. The van der Waals surface area contributed by atoms with Gasteiger partial charge in [-0.3, -0.25) is 19.7 Å². The number of hydrogen-bond donors (Lipinski definition) is 3. The molecule has 1 aromatic rings. The van der Waals surface area contributed by atoms with Gasteiger partial charge in [-0.05, 0) is 86.8 Å². The third-order valence-corrected chi connectivity index (χ3v) is 11.4. The quantitative estimate of drug-likeness (QED) is 0.487. The predicted octanol–water partition coefficient (Wildman–Crippen LogP) is 4.11. The summed E-state index contributed by atoms with van der Waals surface area (Å²) in [6.45, 7) is 1.92. The van der Waals surface area contributed by atoms with E-state index in [0.29, 0.717) is 62.3 Å². The largest absolute Gasteiger partial charge is 0.380 e. The smallest absolute Gasteiger partial charge is 0.254 e. The van der Waals surface area contributed by atoms with Crippen LogP contribution in [0.3, 0.4) is 0 Å². The average Bonchev–Trinajstić information content (AvgIpc) is 3.64.